The summed E-state index contributed by atoms with van der Waals surface area (Å²) in [5, 5.41) is 3.27. The zero-order valence-electron chi connectivity index (χ0n) is 16.3. The SMILES string of the molecule is O=C(Nc1ccnc(Cl)c1)c1ccc(-c2ccccc2)c(CN2CCCCC2)c1. The molecule has 1 aliphatic rings. The van der Waals surface area contributed by atoms with E-state index in [9.17, 15) is 4.79 Å². The monoisotopic (exact) mass is 405 g/mol. The Morgan fingerprint density at radius 3 is 2.55 bits per heavy atom. The summed E-state index contributed by atoms with van der Waals surface area (Å²) >= 11 is 5.93. The third kappa shape index (κ3) is 5.03. The Morgan fingerprint density at radius 1 is 1.00 bits per heavy atom. The Bertz CT molecular complexity index is 984. The number of carbonyl (C=O) groups is 1. The van der Waals surface area contributed by atoms with Gasteiger partial charge < -0.3 is 5.32 Å². The second kappa shape index (κ2) is 9.21. The highest BCUT2D eigenvalue weighted by Gasteiger charge is 2.16. The molecule has 3 aromatic rings. The van der Waals surface area contributed by atoms with E-state index < -0.39 is 0 Å². The van der Waals surface area contributed by atoms with Crippen molar-refractivity contribution in [2.75, 3.05) is 18.4 Å². The Morgan fingerprint density at radius 2 is 1.79 bits per heavy atom. The van der Waals surface area contributed by atoms with Gasteiger partial charge in [0.25, 0.3) is 5.91 Å². The first kappa shape index (κ1) is 19.6. The zero-order valence-corrected chi connectivity index (χ0v) is 17.0. The highest BCUT2D eigenvalue weighted by Crippen LogP contribution is 2.27. The largest absolute Gasteiger partial charge is 0.322 e. The van der Waals surface area contributed by atoms with Crippen LogP contribution in [-0.4, -0.2) is 28.9 Å². The molecule has 4 nitrogen and oxygen atoms in total. The van der Waals surface area contributed by atoms with Gasteiger partial charge in [-0.2, -0.15) is 0 Å². The van der Waals surface area contributed by atoms with Crippen molar-refractivity contribution in [1.82, 2.24) is 9.88 Å². The van der Waals surface area contributed by atoms with Crippen molar-refractivity contribution in [1.29, 1.82) is 0 Å². The van der Waals surface area contributed by atoms with Gasteiger partial charge in [0.2, 0.25) is 0 Å². The number of amides is 1. The molecule has 5 heteroatoms. The molecule has 1 N–H and O–H groups in total. The van der Waals surface area contributed by atoms with Gasteiger partial charge in [0.15, 0.2) is 0 Å². The van der Waals surface area contributed by atoms with Crippen molar-refractivity contribution in [2.24, 2.45) is 0 Å². The van der Waals surface area contributed by atoms with E-state index in [2.05, 4.69) is 33.4 Å². The zero-order chi connectivity index (χ0) is 20.1. The average Bonchev–Trinajstić information content (AvgIpc) is 2.75. The average molecular weight is 406 g/mol. The van der Waals surface area contributed by atoms with E-state index in [1.54, 1.807) is 18.3 Å². The van der Waals surface area contributed by atoms with Gasteiger partial charge in [-0.15, -0.1) is 0 Å². The Balaban J connectivity index is 1.63. The molecule has 0 atom stereocenters. The van der Waals surface area contributed by atoms with Crippen LogP contribution in [0.15, 0.2) is 66.9 Å². The first-order chi connectivity index (χ1) is 14.2. The van der Waals surface area contributed by atoms with Gasteiger partial charge in [-0.25, -0.2) is 4.98 Å². The molecular formula is C24H24ClN3O. The molecule has 1 aliphatic heterocycles. The molecule has 1 aromatic heterocycles. The van der Waals surface area contributed by atoms with Gasteiger partial charge in [-0.3, -0.25) is 9.69 Å². The smallest absolute Gasteiger partial charge is 0.255 e. The molecule has 148 valence electrons. The molecule has 1 fully saturated rings. The number of aromatic nitrogens is 1. The van der Waals surface area contributed by atoms with Gasteiger partial charge in [-0.05, 0) is 66.9 Å². The second-order valence-corrected chi connectivity index (χ2v) is 7.78. The van der Waals surface area contributed by atoms with Crippen molar-refractivity contribution in [3.05, 3.63) is 83.1 Å². The molecule has 0 saturated carbocycles. The van der Waals surface area contributed by atoms with Crippen LogP contribution in [0, 0.1) is 0 Å². The van der Waals surface area contributed by atoms with Crippen LogP contribution < -0.4 is 5.32 Å². The lowest BCUT2D eigenvalue weighted by molar-refractivity contribution is 0.102. The molecule has 0 radical (unpaired) electrons. The summed E-state index contributed by atoms with van der Waals surface area (Å²) in [5.74, 6) is -0.147. The first-order valence-corrected chi connectivity index (χ1v) is 10.4. The van der Waals surface area contributed by atoms with E-state index in [-0.39, 0.29) is 5.91 Å². The number of pyridine rings is 1. The number of hydrogen-bond acceptors (Lipinski definition) is 3. The minimum absolute atomic E-state index is 0.147. The Labute approximate surface area is 176 Å². The minimum atomic E-state index is -0.147. The van der Waals surface area contributed by atoms with E-state index in [1.807, 2.05) is 30.3 Å². The predicted octanol–water partition coefficient (Wildman–Crippen LogP) is 5.64. The molecule has 0 unspecified atom stereocenters. The number of nitrogens with one attached hydrogen (secondary N) is 1. The van der Waals surface area contributed by atoms with Crippen molar-refractivity contribution in [3.63, 3.8) is 0 Å². The van der Waals surface area contributed by atoms with Gasteiger partial charge in [0, 0.05) is 24.0 Å². The third-order valence-corrected chi connectivity index (χ3v) is 5.49. The van der Waals surface area contributed by atoms with Crippen molar-refractivity contribution in [3.8, 4) is 11.1 Å². The van der Waals surface area contributed by atoms with Crippen LogP contribution in [-0.2, 0) is 6.54 Å². The number of halogens is 1. The molecule has 1 amide bonds. The van der Waals surface area contributed by atoms with Crippen LogP contribution in [0.4, 0.5) is 5.69 Å². The highest BCUT2D eigenvalue weighted by atomic mass is 35.5. The summed E-state index contributed by atoms with van der Waals surface area (Å²) in [6, 6.07) is 19.7. The molecule has 0 bridgehead atoms. The Hall–Kier alpha value is -2.69. The predicted molar refractivity (Wildman–Crippen MR) is 118 cm³/mol. The molecule has 1 saturated heterocycles. The summed E-state index contributed by atoms with van der Waals surface area (Å²) < 4.78 is 0. The fourth-order valence-electron chi connectivity index (χ4n) is 3.81. The number of rotatable bonds is 5. The van der Waals surface area contributed by atoms with Crippen LogP contribution >= 0.6 is 11.6 Å². The van der Waals surface area contributed by atoms with E-state index in [0.717, 1.165) is 19.6 Å². The molecule has 29 heavy (non-hydrogen) atoms. The fourth-order valence-corrected chi connectivity index (χ4v) is 3.98. The van der Waals surface area contributed by atoms with Crippen LogP contribution in [0.1, 0.15) is 35.2 Å². The van der Waals surface area contributed by atoms with Crippen molar-refractivity contribution >= 4 is 23.2 Å². The van der Waals surface area contributed by atoms with Crippen molar-refractivity contribution in [2.45, 2.75) is 25.8 Å². The minimum Gasteiger partial charge on any atom is -0.322 e. The number of likely N-dealkylation sites (tertiary alicyclic amines) is 1. The van der Waals surface area contributed by atoms with Gasteiger partial charge in [0.1, 0.15) is 5.15 Å². The van der Waals surface area contributed by atoms with E-state index in [4.69, 9.17) is 11.6 Å². The van der Waals surface area contributed by atoms with Crippen LogP contribution in [0.3, 0.4) is 0 Å². The van der Waals surface area contributed by atoms with E-state index in [1.165, 1.54) is 36.0 Å². The molecule has 4 rings (SSSR count). The number of carbonyl (C=O) groups excluding carboxylic acids is 1. The highest BCUT2D eigenvalue weighted by molar-refractivity contribution is 6.29. The molecule has 2 heterocycles. The normalized spacial score (nSPS) is 14.5. The number of anilines is 1. The standard InChI is InChI=1S/C24H24ClN3O/c25-23-16-21(11-12-26-23)27-24(29)19-9-10-22(18-7-3-1-4-8-18)20(15-19)17-28-13-5-2-6-14-28/h1,3-4,7-12,15-16H,2,5-6,13-14,17H2,(H,26,27,29). The first-order valence-electron chi connectivity index (χ1n) is 10.0. The van der Waals surface area contributed by atoms with Crippen LogP contribution in [0.2, 0.25) is 5.15 Å². The van der Waals surface area contributed by atoms with Crippen LogP contribution in [0.5, 0.6) is 0 Å². The van der Waals surface area contributed by atoms with Gasteiger partial charge in [-0.1, -0.05) is 54.4 Å². The van der Waals surface area contributed by atoms with Crippen LogP contribution in [0.25, 0.3) is 11.1 Å². The maximum absolute atomic E-state index is 12.8. The lowest BCUT2D eigenvalue weighted by Crippen LogP contribution is -2.29. The van der Waals surface area contributed by atoms with Crippen molar-refractivity contribution < 1.29 is 4.79 Å². The number of hydrogen-bond donors (Lipinski definition) is 1. The summed E-state index contributed by atoms with van der Waals surface area (Å²) in [6.45, 7) is 3.08. The quantitative estimate of drug-likeness (QED) is 0.558. The van der Waals surface area contributed by atoms with Gasteiger partial charge in [0.05, 0.1) is 0 Å². The molecular weight excluding hydrogens is 382 g/mol. The Kier molecular flexibility index (Phi) is 6.23. The lowest BCUT2D eigenvalue weighted by atomic mass is 9.96. The molecule has 0 spiro atoms. The molecule has 2 aromatic carbocycles. The summed E-state index contributed by atoms with van der Waals surface area (Å²) in [4.78, 5) is 19.3. The lowest BCUT2D eigenvalue weighted by Gasteiger charge is -2.27. The van der Waals surface area contributed by atoms with E-state index in [0.29, 0.717) is 16.4 Å². The van der Waals surface area contributed by atoms with E-state index >= 15 is 0 Å². The second-order valence-electron chi connectivity index (χ2n) is 7.40. The summed E-state index contributed by atoms with van der Waals surface area (Å²) in [7, 11) is 0. The summed E-state index contributed by atoms with van der Waals surface area (Å²) in [6.07, 6.45) is 5.37. The maximum Gasteiger partial charge on any atom is 0.255 e. The number of piperidine rings is 1. The number of benzene rings is 2. The number of nitrogens with zero attached hydrogens (tertiary/aromatic N) is 2. The fraction of sp³-hybridized carbons (Fsp3) is 0.250. The topological polar surface area (TPSA) is 45.2 Å². The van der Waals surface area contributed by atoms with Gasteiger partial charge >= 0.3 is 0 Å². The maximum atomic E-state index is 12.8. The summed E-state index contributed by atoms with van der Waals surface area (Å²) in [5.41, 5.74) is 4.81. The molecule has 0 aliphatic carbocycles. The third-order valence-electron chi connectivity index (χ3n) is 5.28.